The number of piperidine rings is 1. The third kappa shape index (κ3) is 2.72. The van der Waals surface area contributed by atoms with Crippen molar-refractivity contribution in [2.75, 3.05) is 13.1 Å². The van der Waals surface area contributed by atoms with Crippen LogP contribution in [0, 0.1) is 0 Å². The maximum absolute atomic E-state index is 12.5. The lowest BCUT2D eigenvalue weighted by Crippen LogP contribution is -2.35. The first kappa shape index (κ1) is 15.0. The van der Waals surface area contributed by atoms with Crippen molar-refractivity contribution < 1.29 is 4.79 Å². The van der Waals surface area contributed by atoms with Gasteiger partial charge in [-0.15, -0.1) is 0 Å². The Morgan fingerprint density at radius 1 is 1.18 bits per heavy atom. The molecule has 0 bridgehead atoms. The summed E-state index contributed by atoms with van der Waals surface area (Å²) in [5.41, 5.74) is 2.35. The Kier molecular flexibility index (Phi) is 4.41. The van der Waals surface area contributed by atoms with Crippen LogP contribution < -0.4 is 0 Å². The number of hydrogen-bond donors (Lipinski definition) is 0. The number of hydrogen-bond acceptors (Lipinski definition) is 3. The number of pyridine rings is 1. The zero-order chi connectivity index (χ0) is 15.5. The molecule has 0 aromatic carbocycles. The van der Waals surface area contributed by atoms with E-state index in [0.29, 0.717) is 11.6 Å². The molecule has 1 aliphatic rings. The number of amides is 1. The van der Waals surface area contributed by atoms with Crippen molar-refractivity contribution in [1.82, 2.24) is 19.4 Å². The molecule has 0 spiro atoms. The Balaban J connectivity index is 1.89. The van der Waals surface area contributed by atoms with Gasteiger partial charge in [0.1, 0.15) is 5.52 Å². The highest BCUT2D eigenvalue weighted by Crippen LogP contribution is 2.22. The van der Waals surface area contributed by atoms with Gasteiger partial charge in [-0.1, -0.05) is 13.8 Å². The summed E-state index contributed by atoms with van der Waals surface area (Å²) in [6.07, 6.45) is 9.09. The van der Waals surface area contributed by atoms with Crippen LogP contribution in [0.1, 0.15) is 62.4 Å². The summed E-state index contributed by atoms with van der Waals surface area (Å²) in [7, 11) is 0. The normalized spacial score (nSPS) is 15.7. The molecule has 0 saturated carbocycles. The second-order valence-corrected chi connectivity index (χ2v) is 6.04. The van der Waals surface area contributed by atoms with Gasteiger partial charge in [-0.2, -0.15) is 0 Å². The quantitative estimate of drug-likeness (QED) is 0.869. The number of imidazole rings is 1. The van der Waals surface area contributed by atoms with Gasteiger partial charge in [-0.05, 0) is 38.2 Å². The van der Waals surface area contributed by atoms with E-state index in [9.17, 15) is 4.79 Å². The van der Waals surface area contributed by atoms with Gasteiger partial charge in [-0.3, -0.25) is 4.79 Å². The third-order valence-electron chi connectivity index (χ3n) is 4.64. The molecule has 1 fully saturated rings. The molecule has 0 unspecified atom stereocenters. The molecular formula is C17H24N4O. The molecule has 5 nitrogen and oxygen atoms in total. The van der Waals surface area contributed by atoms with E-state index < -0.39 is 0 Å². The first-order chi connectivity index (χ1) is 10.7. The largest absolute Gasteiger partial charge is 0.339 e. The average molecular weight is 300 g/mol. The van der Waals surface area contributed by atoms with Crippen LogP contribution in [0.4, 0.5) is 0 Å². The summed E-state index contributed by atoms with van der Waals surface area (Å²) >= 11 is 0. The Labute approximate surface area is 131 Å². The molecular weight excluding hydrogens is 276 g/mol. The van der Waals surface area contributed by atoms with Gasteiger partial charge in [0.15, 0.2) is 5.65 Å². The minimum absolute atomic E-state index is 0.0891. The number of likely N-dealkylation sites (tertiary alicyclic amines) is 1. The predicted molar refractivity (Wildman–Crippen MR) is 86.9 cm³/mol. The summed E-state index contributed by atoms with van der Waals surface area (Å²) in [6, 6.07) is 2.30. The fourth-order valence-corrected chi connectivity index (χ4v) is 3.26. The van der Waals surface area contributed by atoms with Crippen molar-refractivity contribution in [3.05, 3.63) is 24.2 Å². The molecule has 22 heavy (non-hydrogen) atoms. The molecule has 3 heterocycles. The molecule has 1 amide bonds. The van der Waals surface area contributed by atoms with Crippen molar-refractivity contribution in [2.45, 2.75) is 52.0 Å². The van der Waals surface area contributed by atoms with Gasteiger partial charge in [0.25, 0.3) is 5.91 Å². The molecule has 1 saturated heterocycles. The molecule has 0 radical (unpaired) electrons. The van der Waals surface area contributed by atoms with Crippen molar-refractivity contribution in [1.29, 1.82) is 0 Å². The Morgan fingerprint density at radius 3 is 2.59 bits per heavy atom. The number of fused-ring (bicyclic) bond motifs is 1. The molecule has 1 aliphatic heterocycles. The Morgan fingerprint density at radius 2 is 1.91 bits per heavy atom. The summed E-state index contributed by atoms with van der Waals surface area (Å²) < 4.78 is 2.13. The Bertz CT molecular complexity index is 654. The van der Waals surface area contributed by atoms with E-state index in [0.717, 1.165) is 49.9 Å². The molecule has 2 aromatic rings. The van der Waals surface area contributed by atoms with Crippen LogP contribution in [-0.2, 0) is 0 Å². The van der Waals surface area contributed by atoms with Gasteiger partial charge < -0.3 is 9.47 Å². The van der Waals surface area contributed by atoms with E-state index >= 15 is 0 Å². The van der Waals surface area contributed by atoms with E-state index in [1.165, 1.54) is 6.42 Å². The molecule has 2 aromatic heterocycles. The van der Waals surface area contributed by atoms with Crippen molar-refractivity contribution in [2.24, 2.45) is 0 Å². The lowest BCUT2D eigenvalue weighted by atomic mass is 10.1. The van der Waals surface area contributed by atoms with Crippen LogP contribution >= 0.6 is 0 Å². The minimum Gasteiger partial charge on any atom is -0.339 e. The third-order valence-corrected chi connectivity index (χ3v) is 4.64. The van der Waals surface area contributed by atoms with Crippen molar-refractivity contribution in [3.8, 4) is 0 Å². The lowest BCUT2D eigenvalue weighted by molar-refractivity contribution is 0.0724. The second kappa shape index (κ2) is 6.46. The highest BCUT2D eigenvalue weighted by molar-refractivity contribution is 5.96. The number of carbonyl (C=O) groups excluding carboxylic acids is 1. The van der Waals surface area contributed by atoms with Crippen LogP contribution in [0.2, 0.25) is 0 Å². The molecule has 0 atom stereocenters. The van der Waals surface area contributed by atoms with Crippen molar-refractivity contribution >= 4 is 17.1 Å². The van der Waals surface area contributed by atoms with Crippen LogP contribution in [0.15, 0.2) is 18.6 Å². The highest BCUT2D eigenvalue weighted by atomic mass is 16.2. The average Bonchev–Trinajstić information content (AvgIpc) is 2.99. The van der Waals surface area contributed by atoms with Crippen LogP contribution in [0.5, 0.6) is 0 Å². The standard InChI is InChI=1S/C17H24N4O/c1-3-14(4-2)21-12-19-15-10-13(11-18-16(15)21)17(22)20-8-6-5-7-9-20/h10-12,14H,3-9H2,1-2H3. The van der Waals surface area contributed by atoms with Gasteiger partial charge in [0.05, 0.1) is 11.9 Å². The SMILES string of the molecule is CCC(CC)n1cnc2cc(C(=O)N3CCCCC3)cnc21. The van der Waals surface area contributed by atoms with Gasteiger partial charge >= 0.3 is 0 Å². The monoisotopic (exact) mass is 300 g/mol. The summed E-state index contributed by atoms with van der Waals surface area (Å²) in [5.74, 6) is 0.0891. The lowest BCUT2D eigenvalue weighted by Gasteiger charge is -2.26. The maximum Gasteiger partial charge on any atom is 0.255 e. The van der Waals surface area contributed by atoms with Crippen LogP contribution in [0.3, 0.4) is 0 Å². The zero-order valence-electron chi connectivity index (χ0n) is 13.5. The van der Waals surface area contributed by atoms with Gasteiger partial charge in [0.2, 0.25) is 0 Å². The van der Waals surface area contributed by atoms with Gasteiger partial charge in [0, 0.05) is 25.3 Å². The highest BCUT2D eigenvalue weighted by Gasteiger charge is 2.20. The smallest absolute Gasteiger partial charge is 0.255 e. The number of aromatic nitrogens is 3. The van der Waals surface area contributed by atoms with E-state index in [1.807, 2.05) is 17.3 Å². The first-order valence-corrected chi connectivity index (χ1v) is 8.36. The second-order valence-electron chi connectivity index (χ2n) is 6.04. The molecule has 3 rings (SSSR count). The fraction of sp³-hybridized carbons (Fsp3) is 0.588. The summed E-state index contributed by atoms with van der Waals surface area (Å²) in [4.78, 5) is 23.5. The fourth-order valence-electron chi connectivity index (χ4n) is 3.26. The number of nitrogens with zero attached hydrogens (tertiary/aromatic N) is 4. The first-order valence-electron chi connectivity index (χ1n) is 8.36. The van der Waals surface area contributed by atoms with Crippen LogP contribution in [0.25, 0.3) is 11.2 Å². The van der Waals surface area contributed by atoms with Crippen molar-refractivity contribution in [3.63, 3.8) is 0 Å². The van der Waals surface area contributed by atoms with E-state index in [-0.39, 0.29) is 5.91 Å². The van der Waals surface area contributed by atoms with Gasteiger partial charge in [-0.25, -0.2) is 9.97 Å². The molecule has 118 valence electrons. The molecule has 0 N–H and O–H groups in total. The van der Waals surface area contributed by atoms with E-state index in [2.05, 4.69) is 28.4 Å². The zero-order valence-corrected chi connectivity index (χ0v) is 13.5. The van der Waals surface area contributed by atoms with E-state index in [4.69, 9.17) is 0 Å². The topological polar surface area (TPSA) is 51.0 Å². The van der Waals surface area contributed by atoms with Crippen LogP contribution in [-0.4, -0.2) is 38.4 Å². The number of carbonyl (C=O) groups is 1. The summed E-state index contributed by atoms with van der Waals surface area (Å²) in [5, 5.41) is 0. The summed E-state index contributed by atoms with van der Waals surface area (Å²) in [6.45, 7) is 6.07. The maximum atomic E-state index is 12.5. The molecule has 0 aliphatic carbocycles. The number of rotatable bonds is 4. The molecule has 5 heteroatoms. The predicted octanol–water partition coefficient (Wildman–Crippen LogP) is 3.42. The van der Waals surface area contributed by atoms with E-state index in [1.54, 1.807) is 6.20 Å². The Hall–Kier alpha value is -1.91. The minimum atomic E-state index is 0.0891.